The van der Waals surface area contributed by atoms with E-state index in [1.165, 1.54) is 0 Å². The van der Waals surface area contributed by atoms with Crippen molar-refractivity contribution < 1.29 is 0 Å². The van der Waals surface area contributed by atoms with Crippen LogP contribution in [0.5, 0.6) is 0 Å². The molecule has 0 bridgehead atoms. The second-order valence-corrected chi connectivity index (χ2v) is 4.01. The van der Waals surface area contributed by atoms with Crippen LogP contribution in [0.15, 0.2) is 0 Å². The molecule has 0 saturated heterocycles. The van der Waals surface area contributed by atoms with Gasteiger partial charge in [0.2, 0.25) is 0 Å². The summed E-state index contributed by atoms with van der Waals surface area (Å²) in [6.45, 7) is 10.6. The third-order valence-electron chi connectivity index (χ3n) is 2.92. The van der Waals surface area contributed by atoms with Gasteiger partial charge >= 0.3 is 0 Å². The van der Waals surface area contributed by atoms with Gasteiger partial charge in [0.05, 0.1) is 11.5 Å². The van der Waals surface area contributed by atoms with E-state index in [1.807, 2.05) is 13.8 Å². The Kier molecular flexibility index (Phi) is 3.58. The van der Waals surface area contributed by atoms with Crippen molar-refractivity contribution in [2.24, 2.45) is 17.3 Å². The Morgan fingerprint density at radius 2 is 1.82 bits per heavy atom. The highest BCUT2D eigenvalue weighted by molar-refractivity contribution is 4.96. The lowest BCUT2D eigenvalue weighted by molar-refractivity contribution is 0.224. The molecule has 1 nitrogen and oxygen atoms in total. The van der Waals surface area contributed by atoms with E-state index in [1.54, 1.807) is 0 Å². The maximum Gasteiger partial charge on any atom is 0.0686 e. The van der Waals surface area contributed by atoms with E-state index in [4.69, 9.17) is 5.26 Å². The fraction of sp³-hybridized carbons (Fsp3) is 0.900. The maximum absolute atomic E-state index is 8.86. The molecule has 11 heavy (non-hydrogen) atoms. The summed E-state index contributed by atoms with van der Waals surface area (Å²) < 4.78 is 0. The van der Waals surface area contributed by atoms with Crippen LogP contribution in [-0.4, -0.2) is 0 Å². The second kappa shape index (κ2) is 3.76. The van der Waals surface area contributed by atoms with Crippen molar-refractivity contribution in [2.75, 3.05) is 0 Å². The standard InChI is InChI=1S/C10H19N/c1-6-8(2)9(3)10(4,5)7-11/h8-9H,6H2,1-5H3. The summed E-state index contributed by atoms with van der Waals surface area (Å²) in [5, 5.41) is 8.86. The van der Waals surface area contributed by atoms with Gasteiger partial charge in [0, 0.05) is 0 Å². The van der Waals surface area contributed by atoms with Crippen LogP contribution in [0.4, 0.5) is 0 Å². The first kappa shape index (κ1) is 10.5. The first-order valence-electron chi connectivity index (χ1n) is 4.37. The Balaban J connectivity index is 4.25. The molecule has 0 aromatic heterocycles. The number of hydrogen-bond acceptors (Lipinski definition) is 1. The van der Waals surface area contributed by atoms with E-state index < -0.39 is 0 Å². The van der Waals surface area contributed by atoms with Crippen LogP contribution in [0, 0.1) is 28.6 Å². The third-order valence-corrected chi connectivity index (χ3v) is 2.92. The summed E-state index contributed by atoms with van der Waals surface area (Å²) in [6, 6.07) is 2.36. The Morgan fingerprint density at radius 1 is 1.36 bits per heavy atom. The summed E-state index contributed by atoms with van der Waals surface area (Å²) in [7, 11) is 0. The molecule has 0 spiro atoms. The highest BCUT2D eigenvalue weighted by Crippen LogP contribution is 2.32. The average molecular weight is 153 g/mol. The molecule has 0 N–H and O–H groups in total. The van der Waals surface area contributed by atoms with Gasteiger partial charge in [-0.15, -0.1) is 0 Å². The lowest BCUT2D eigenvalue weighted by Crippen LogP contribution is -2.24. The van der Waals surface area contributed by atoms with Gasteiger partial charge in [0.15, 0.2) is 0 Å². The lowest BCUT2D eigenvalue weighted by Gasteiger charge is -2.29. The van der Waals surface area contributed by atoms with Crippen molar-refractivity contribution in [3.05, 3.63) is 0 Å². The molecule has 1 heteroatoms. The first-order valence-corrected chi connectivity index (χ1v) is 4.37. The summed E-state index contributed by atoms with van der Waals surface area (Å²) in [4.78, 5) is 0. The highest BCUT2D eigenvalue weighted by Gasteiger charge is 2.28. The minimum Gasteiger partial charge on any atom is -0.198 e. The van der Waals surface area contributed by atoms with E-state index >= 15 is 0 Å². The van der Waals surface area contributed by atoms with Crippen molar-refractivity contribution in [1.29, 1.82) is 5.26 Å². The molecule has 2 atom stereocenters. The van der Waals surface area contributed by atoms with E-state index in [0.29, 0.717) is 11.8 Å². The quantitative estimate of drug-likeness (QED) is 0.610. The summed E-state index contributed by atoms with van der Waals surface area (Å²) >= 11 is 0. The first-order chi connectivity index (χ1) is 4.95. The van der Waals surface area contributed by atoms with E-state index in [2.05, 4.69) is 26.8 Å². The van der Waals surface area contributed by atoms with Gasteiger partial charge in [0.25, 0.3) is 0 Å². The average Bonchev–Trinajstić information content (AvgIpc) is 2.01. The Bertz CT molecular complexity index is 153. The molecule has 2 unspecified atom stereocenters. The summed E-state index contributed by atoms with van der Waals surface area (Å²) in [6.07, 6.45) is 1.16. The largest absolute Gasteiger partial charge is 0.198 e. The molecular weight excluding hydrogens is 134 g/mol. The van der Waals surface area contributed by atoms with E-state index in [0.717, 1.165) is 6.42 Å². The third kappa shape index (κ3) is 2.54. The molecule has 0 aromatic rings. The maximum atomic E-state index is 8.86. The number of nitriles is 1. The number of hydrogen-bond donors (Lipinski definition) is 0. The van der Waals surface area contributed by atoms with Gasteiger partial charge in [-0.3, -0.25) is 0 Å². The van der Waals surface area contributed by atoms with Gasteiger partial charge in [-0.2, -0.15) is 5.26 Å². The number of nitrogens with zero attached hydrogens (tertiary/aromatic N) is 1. The van der Waals surface area contributed by atoms with Crippen molar-refractivity contribution in [1.82, 2.24) is 0 Å². The number of rotatable bonds is 3. The van der Waals surface area contributed by atoms with Crippen molar-refractivity contribution >= 4 is 0 Å². The van der Waals surface area contributed by atoms with Gasteiger partial charge in [-0.05, 0) is 25.7 Å². The normalized spacial score (nSPS) is 17.1. The molecule has 0 aliphatic rings. The molecule has 0 rings (SSSR count). The molecule has 64 valence electrons. The molecule has 0 aromatic carbocycles. The minimum atomic E-state index is -0.171. The zero-order valence-corrected chi connectivity index (χ0v) is 8.31. The topological polar surface area (TPSA) is 23.8 Å². The van der Waals surface area contributed by atoms with Gasteiger partial charge in [-0.1, -0.05) is 27.2 Å². The van der Waals surface area contributed by atoms with Gasteiger partial charge in [-0.25, -0.2) is 0 Å². The van der Waals surface area contributed by atoms with Crippen LogP contribution < -0.4 is 0 Å². The Hall–Kier alpha value is -0.510. The van der Waals surface area contributed by atoms with Gasteiger partial charge in [0.1, 0.15) is 0 Å². The molecular formula is C10H19N. The van der Waals surface area contributed by atoms with Crippen molar-refractivity contribution in [2.45, 2.75) is 41.0 Å². The lowest BCUT2D eigenvalue weighted by atomic mass is 9.74. The predicted octanol–water partition coefficient (Wildman–Crippen LogP) is 3.22. The molecule has 0 amide bonds. The zero-order chi connectivity index (χ0) is 9.07. The molecule has 0 fully saturated rings. The minimum absolute atomic E-state index is 0.171. The second-order valence-electron chi connectivity index (χ2n) is 4.01. The van der Waals surface area contributed by atoms with Crippen LogP contribution >= 0.6 is 0 Å². The molecule has 0 saturated carbocycles. The van der Waals surface area contributed by atoms with Crippen molar-refractivity contribution in [3.63, 3.8) is 0 Å². The fourth-order valence-corrected chi connectivity index (χ4v) is 1.17. The van der Waals surface area contributed by atoms with Crippen LogP contribution in [-0.2, 0) is 0 Å². The van der Waals surface area contributed by atoms with E-state index in [-0.39, 0.29) is 5.41 Å². The predicted molar refractivity (Wildman–Crippen MR) is 48.0 cm³/mol. The van der Waals surface area contributed by atoms with E-state index in [9.17, 15) is 0 Å². The Labute approximate surface area is 70.4 Å². The molecule has 0 aliphatic carbocycles. The van der Waals surface area contributed by atoms with Crippen LogP contribution in [0.3, 0.4) is 0 Å². The monoisotopic (exact) mass is 153 g/mol. The Morgan fingerprint density at radius 3 is 2.09 bits per heavy atom. The summed E-state index contributed by atoms with van der Waals surface area (Å²) in [5.74, 6) is 1.13. The van der Waals surface area contributed by atoms with Gasteiger partial charge < -0.3 is 0 Å². The molecule has 0 aliphatic heterocycles. The molecule has 0 radical (unpaired) electrons. The zero-order valence-electron chi connectivity index (χ0n) is 8.31. The molecule has 0 heterocycles. The SMILES string of the molecule is CCC(C)C(C)C(C)(C)C#N. The van der Waals surface area contributed by atoms with Crippen LogP contribution in [0.1, 0.15) is 41.0 Å². The summed E-state index contributed by atoms with van der Waals surface area (Å²) in [5.41, 5.74) is -0.171. The van der Waals surface area contributed by atoms with Crippen molar-refractivity contribution in [3.8, 4) is 6.07 Å². The smallest absolute Gasteiger partial charge is 0.0686 e. The van der Waals surface area contributed by atoms with Crippen LogP contribution in [0.2, 0.25) is 0 Å². The van der Waals surface area contributed by atoms with Crippen LogP contribution in [0.25, 0.3) is 0 Å². The highest BCUT2D eigenvalue weighted by atomic mass is 14.4. The fourth-order valence-electron chi connectivity index (χ4n) is 1.17.